The molecule has 0 aliphatic carbocycles. The SMILES string of the molecule is CCCCOC(=O)COc1c(Cl)cc(Cl)cc1C=O. The molecule has 6 heteroatoms. The summed E-state index contributed by atoms with van der Waals surface area (Å²) in [6.45, 7) is 2.05. The molecular formula is C13H14Cl2O4. The second-order valence-electron chi connectivity index (χ2n) is 3.79. The van der Waals surface area contributed by atoms with Crippen LogP contribution in [-0.2, 0) is 9.53 Å². The molecule has 0 fully saturated rings. The van der Waals surface area contributed by atoms with E-state index in [0.717, 1.165) is 12.8 Å². The average Bonchev–Trinajstić information content (AvgIpc) is 2.37. The summed E-state index contributed by atoms with van der Waals surface area (Å²) in [4.78, 5) is 22.2. The maximum Gasteiger partial charge on any atom is 0.344 e. The molecule has 0 aromatic heterocycles. The Morgan fingerprint density at radius 3 is 2.74 bits per heavy atom. The first kappa shape index (κ1) is 15.8. The number of ether oxygens (including phenoxy) is 2. The van der Waals surface area contributed by atoms with E-state index in [-0.39, 0.29) is 22.9 Å². The Bertz CT molecular complexity index is 460. The van der Waals surface area contributed by atoms with Crippen LogP contribution in [-0.4, -0.2) is 25.5 Å². The third-order valence-electron chi connectivity index (χ3n) is 2.26. The normalized spacial score (nSPS) is 10.1. The van der Waals surface area contributed by atoms with E-state index in [4.69, 9.17) is 32.7 Å². The molecule has 4 nitrogen and oxygen atoms in total. The molecule has 0 N–H and O–H groups in total. The topological polar surface area (TPSA) is 52.6 Å². The number of aldehydes is 1. The predicted octanol–water partition coefficient (Wildman–Crippen LogP) is 3.53. The number of benzene rings is 1. The molecule has 0 bridgehead atoms. The van der Waals surface area contributed by atoms with Crippen LogP contribution < -0.4 is 4.74 Å². The Morgan fingerprint density at radius 2 is 2.11 bits per heavy atom. The zero-order valence-electron chi connectivity index (χ0n) is 10.4. The first-order chi connectivity index (χ1) is 9.08. The van der Waals surface area contributed by atoms with Crippen molar-refractivity contribution < 1.29 is 19.1 Å². The zero-order valence-corrected chi connectivity index (χ0v) is 12.0. The van der Waals surface area contributed by atoms with Gasteiger partial charge in [-0.2, -0.15) is 0 Å². The number of unbranched alkanes of at least 4 members (excludes halogenated alkanes) is 1. The third-order valence-corrected chi connectivity index (χ3v) is 2.76. The summed E-state index contributed by atoms with van der Waals surface area (Å²) in [7, 11) is 0. The fraction of sp³-hybridized carbons (Fsp3) is 0.385. The van der Waals surface area contributed by atoms with Crippen molar-refractivity contribution in [3.8, 4) is 5.75 Å². The Hall–Kier alpha value is -1.26. The lowest BCUT2D eigenvalue weighted by Gasteiger charge is -2.10. The first-order valence-electron chi connectivity index (χ1n) is 5.81. The number of rotatable bonds is 7. The lowest BCUT2D eigenvalue weighted by molar-refractivity contribution is -0.146. The van der Waals surface area contributed by atoms with E-state index in [2.05, 4.69) is 0 Å². The Labute approximate surface area is 121 Å². The third kappa shape index (κ3) is 5.09. The van der Waals surface area contributed by atoms with Crippen LogP contribution in [0.2, 0.25) is 10.0 Å². The minimum Gasteiger partial charge on any atom is -0.480 e. The van der Waals surface area contributed by atoms with Crippen LogP contribution in [0.3, 0.4) is 0 Å². The molecule has 0 radical (unpaired) electrons. The van der Waals surface area contributed by atoms with Gasteiger partial charge < -0.3 is 9.47 Å². The van der Waals surface area contributed by atoms with Crippen LogP contribution in [0.1, 0.15) is 30.1 Å². The molecule has 0 aliphatic heterocycles. The van der Waals surface area contributed by atoms with Crippen LogP contribution in [0, 0.1) is 0 Å². The second kappa shape index (κ2) is 8.02. The number of carbonyl (C=O) groups excluding carboxylic acids is 2. The van der Waals surface area contributed by atoms with Gasteiger partial charge in [0, 0.05) is 5.02 Å². The van der Waals surface area contributed by atoms with Crippen molar-refractivity contribution in [1.82, 2.24) is 0 Å². The summed E-state index contributed by atoms with van der Waals surface area (Å²) in [6, 6.07) is 2.85. The highest BCUT2D eigenvalue weighted by atomic mass is 35.5. The van der Waals surface area contributed by atoms with Gasteiger partial charge in [0.05, 0.1) is 17.2 Å². The molecule has 0 heterocycles. The lowest BCUT2D eigenvalue weighted by atomic mass is 10.2. The van der Waals surface area contributed by atoms with E-state index in [1.54, 1.807) is 0 Å². The number of hydrogen-bond donors (Lipinski definition) is 0. The van der Waals surface area contributed by atoms with Gasteiger partial charge >= 0.3 is 5.97 Å². The molecule has 0 unspecified atom stereocenters. The van der Waals surface area contributed by atoms with Crippen molar-refractivity contribution in [2.24, 2.45) is 0 Å². The van der Waals surface area contributed by atoms with Gasteiger partial charge in [-0.1, -0.05) is 36.5 Å². The largest absolute Gasteiger partial charge is 0.480 e. The Morgan fingerprint density at radius 1 is 1.37 bits per heavy atom. The van der Waals surface area contributed by atoms with Crippen LogP contribution in [0.5, 0.6) is 5.75 Å². The van der Waals surface area contributed by atoms with E-state index in [1.807, 2.05) is 6.92 Å². The first-order valence-corrected chi connectivity index (χ1v) is 6.56. The quantitative estimate of drug-likeness (QED) is 0.439. The van der Waals surface area contributed by atoms with Crippen LogP contribution >= 0.6 is 23.2 Å². The second-order valence-corrected chi connectivity index (χ2v) is 4.63. The van der Waals surface area contributed by atoms with Gasteiger partial charge in [0.2, 0.25) is 0 Å². The molecule has 104 valence electrons. The van der Waals surface area contributed by atoms with Crippen molar-refractivity contribution in [1.29, 1.82) is 0 Å². The van der Waals surface area contributed by atoms with Crippen molar-refractivity contribution in [3.05, 3.63) is 27.7 Å². The summed E-state index contributed by atoms with van der Waals surface area (Å²) in [5, 5.41) is 0.501. The fourth-order valence-electron chi connectivity index (χ4n) is 1.32. The molecule has 0 aliphatic rings. The molecule has 1 aromatic carbocycles. The highest BCUT2D eigenvalue weighted by Crippen LogP contribution is 2.31. The molecule has 0 amide bonds. The molecule has 0 spiro atoms. The molecule has 1 rings (SSSR count). The van der Waals surface area contributed by atoms with Crippen LogP contribution in [0.25, 0.3) is 0 Å². The minimum absolute atomic E-state index is 0.133. The number of esters is 1. The number of hydrogen-bond acceptors (Lipinski definition) is 4. The van der Waals surface area contributed by atoms with Gasteiger partial charge in [-0.25, -0.2) is 4.79 Å². The van der Waals surface area contributed by atoms with Gasteiger partial charge in [0.15, 0.2) is 12.9 Å². The summed E-state index contributed by atoms with van der Waals surface area (Å²) in [6.07, 6.45) is 2.30. The van der Waals surface area contributed by atoms with E-state index >= 15 is 0 Å². The maximum atomic E-state index is 11.4. The summed E-state index contributed by atoms with van der Waals surface area (Å²) < 4.78 is 10.1. The van der Waals surface area contributed by atoms with Crippen LogP contribution in [0.15, 0.2) is 12.1 Å². The van der Waals surface area contributed by atoms with E-state index in [1.165, 1.54) is 12.1 Å². The molecule has 0 saturated carbocycles. The van der Waals surface area contributed by atoms with Crippen LogP contribution in [0.4, 0.5) is 0 Å². The average molecular weight is 305 g/mol. The number of carbonyl (C=O) groups is 2. The zero-order chi connectivity index (χ0) is 14.3. The van der Waals surface area contributed by atoms with Crippen molar-refractivity contribution in [2.45, 2.75) is 19.8 Å². The Balaban J connectivity index is 2.62. The van der Waals surface area contributed by atoms with Gasteiger partial charge in [0.1, 0.15) is 5.75 Å². The molecule has 0 saturated heterocycles. The van der Waals surface area contributed by atoms with Gasteiger partial charge in [-0.05, 0) is 18.6 Å². The van der Waals surface area contributed by atoms with Gasteiger partial charge in [0.25, 0.3) is 0 Å². The molecule has 0 atom stereocenters. The predicted molar refractivity (Wildman–Crippen MR) is 73.2 cm³/mol. The summed E-state index contributed by atoms with van der Waals surface area (Å²) in [5.74, 6) is -0.371. The van der Waals surface area contributed by atoms with E-state index < -0.39 is 5.97 Å². The molecule has 19 heavy (non-hydrogen) atoms. The van der Waals surface area contributed by atoms with Crippen molar-refractivity contribution >= 4 is 35.5 Å². The highest BCUT2D eigenvalue weighted by molar-refractivity contribution is 6.36. The molecule has 1 aromatic rings. The lowest BCUT2D eigenvalue weighted by Crippen LogP contribution is -2.16. The smallest absolute Gasteiger partial charge is 0.344 e. The standard InChI is InChI=1S/C13H14Cl2O4/c1-2-3-4-18-12(17)8-19-13-9(7-16)5-10(14)6-11(13)15/h5-7H,2-4,8H2,1H3. The monoisotopic (exact) mass is 304 g/mol. The van der Waals surface area contributed by atoms with E-state index in [0.29, 0.717) is 17.9 Å². The van der Waals surface area contributed by atoms with E-state index in [9.17, 15) is 9.59 Å². The maximum absolute atomic E-state index is 11.4. The minimum atomic E-state index is -0.503. The highest BCUT2D eigenvalue weighted by Gasteiger charge is 2.12. The van der Waals surface area contributed by atoms with Crippen molar-refractivity contribution in [2.75, 3.05) is 13.2 Å². The summed E-state index contributed by atoms with van der Waals surface area (Å²) in [5.41, 5.74) is 0.193. The fourth-order valence-corrected chi connectivity index (χ4v) is 1.89. The van der Waals surface area contributed by atoms with Crippen molar-refractivity contribution in [3.63, 3.8) is 0 Å². The van der Waals surface area contributed by atoms with Gasteiger partial charge in [-0.15, -0.1) is 0 Å². The Kier molecular flexibility index (Phi) is 6.67. The molecular weight excluding hydrogens is 291 g/mol. The van der Waals surface area contributed by atoms with Gasteiger partial charge in [-0.3, -0.25) is 4.79 Å². The summed E-state index contributed by atoms with van der Waals surface area (Å²) >= 11 is 11.7. The number of halogens is 2.